The second kappa shape index (κ2) is 9.74. The van der Waals surface area contributed by atoms with Gasteiger partial charge in [-0.25, -0.2) is 0 Å². The van der Waals surface area contributed by atoms with Crippen molar-refractivity contribution in [2.75, 3.05) is 19.7 Å². The van der Waals surface area contributed by atoms with Crippen LogP contribution in [0.4, 0.5) is 0 Å². The van der Waals surface area contributed by atoms with Gasteiger partial charge in [0.25, 0.3) is 5.91 Å². The number of nitrogens with zero attached hydrogens (tertiary/aromatic N) is 1. The Morgan fingerprint density at radius 1 is 1.00 bits per heavy atom. The molecule has 4 nitrogen and oxygen atoms in total. The zero-order valence-corrected chi connectivity index (χ0v) is 17.4. The fourth-order valence-corrected chi connectivity index (χ4v) is 3.68. The normalized spacial score (nSPS) is 14.7. The van der Waals surface area contributed by atoms with Crippen molar-refractivity contribution >= 4 is 5.91 Å². The first-order valence-electron chi connectivity index (χ1n) is 10.3. The van der Waals surface area contributed by atoms with Gasteiger partial charge in [-0.2, -0.15) is 0 Å². The minimum absolute atomic E-state index is 0.0385. The van der Waals surface area contributed by atoms with Crippen molar-refractivity contribution in [1.82, 2.24) is 10.2 Å². The van der Waals surface area contributed by atoms with E-state index in [0.717, 1.165) is 29.0 Å². The summed E-state index contributed by atoms with van der Waals surface area (Å²) < 4.78 is 5.73. The predicted octanol–water partition coefficient (Wildman–Crippen LogP) is 4.29. The van der Waals surface area contributed by atoms with E-state index in [9.17, 15) is 4.79 Å². The average molecular weight is 381 g/mol. The van der Waals surface area contributed by atoms with Gasteiger partial charge in [0.1, 0.15) is 5.75 Å². The summed E-state index contributed by atoms with van der Waals surface area (Å²) in [5.74, 6) is 0.686. The van der Waals surface area contributed by atoms with E-state index >= 15 is 0 Å². The third-order valence-electron chi connectivity index (χ3n) is 5.49. The predicted molar refractivity (Wildman–Crippen MR) is 114 cm³/mol. The van der Waals surface area contributed by atoms with Gasteiger partial charge in [0, 0.05) is 13.1 Å². The molecule has 3 rings (SSSR count). The number of piperidine rings is 1. The highest BCUT2D eigenvalue weighted by Gasteiger charge is 2.11. The van der Waals surface area contributed by atoms with Gasteiger partial charge >= 0.3 is 0 Å². The molecule has 1 amide bonds. The van der Waals surface area contributed by atoms with Gasteiger partial charge in [0.15, 0.2) is 6.61 Å². The summed E-state index contributed by atoms with van der Waals surface area (Å²) in [4.78, 5) is 14.7. The highest BCUT2D eigenvalue weighted by Crippen LogP contribution is 2.23. The van der Waals surface area contributed by atoms with Gasteiger partial charge in [-0.1, -0.05) is 36.8 Å². The van der Waals surface area contributed by atoms with E-state index in [4.69, 9.17) is 4.74 Å². The molecule has 150 valence electrons. The summed E-state index contributed by atoms with van der Waals surface area (Å²) in [5, 5.41) is 2.94. The zero-order chi connectivity index (χ0) is 19.9. The quantitative estimate of drug-likeness (QED) is 0.779. The summed E-state index contributed by atoms with van der Waals surface area (Å²) in [6.07, 6.45) is 3.99. The first-order chi connectivity index (χ1) is 13.5. The molecule has 0 radical (unpaired) electrons. The number of ether oxygens (including phenoxy) is 1. The Morgan fingerprint density at radius 3 is 2.39 bits per heavy atom. The van der Waals surface area contributed by atoms with Crippen molar-refractivity contribution in [3.05, 3.63) is 64.2 Å². The Morgan fingerprint density at radius 2 is 1.68 bits per heavy atom. The molecule has 2 aromatic carbocycles. The van der Waals surface area contributed by atoms with Crippen LogP contribution in [0.1, 0.15) is 47.1 Å². The van der Waals surface area contributed by atoms with Crippen molar-refractivity contribution in [1.29, 1.82) is 0 Å². The molecule has 28 heavy (non-hydrogen) atoms. The lowest BCUT2D eigenvalue weighted by molar-refractivity contribution is -0.123. The minimum Gasteiger partial charge on any atom is -0.483 e. The second-order valence-corrected chi connectivity index (χ2v) is 7.92. The van der Waals surface area contributed by atoms with Crippen LogP contribution in [0.2, 0.25) is 0 Å². The molecular weight excluding hydrogens is 348 g/mol. The Hall–Kier alpha value is -2.33. The highest BCUT2D eigenvalue weighted by molar-refractivity contribution is 5.77. The molecule has 1 aliphatic rings. The molecule has 0 saturated carbocycles. The second-order valence-electron chi connectivity index (χ2n) is 7.92. The van der Waals surface area contributed by atoms with Crippen LogP contribution in [0.5, 0.6) is 5.75 Å². The van der Waals surface area contributed by atoms with Gasteiger partial charge in [0.05, 0.1) is 0 Å². The van der Waals surface area contributed by atoms with Gasteiger partial charge in [-0.15, -0.1) is 0 Å². The number of rotatable bonds is 7. The van der Waals surface area contributed by atoms with E-state index in [-0.39, 0.29) is 12.5 Å². The van der Waals surface area contributed by atoms with Gasteiger partial charge in [-0.05, 0) is 80.6 Å². The number of carbonyl (C=O) groups is 1. The lowest BCUT2D eigenvalue weighted by Gasteiger charge is -2.26. The Bertz CT molecular complexity index is 793. The van der Waals surface area contributed by atoms with E-state index < -0.39 is 0 Å². The van der Waals surface area contributed by atoms with Crippen molar-refractivity contribution in [3.8, 4) is 5.75 Å². The molecule has 0 bridgehead atoms. The first-order valence-corrected chi connectivity index (χ1v) is 10.3. The standard InChI is InChI=1S/C24H32N2O2/c1-18-13-19(2)20(3)23(14-18)28-17-24(27)25-15-21-7-9-22(10-8-21)16-26-11-5-4-6-12-26/h7-10,13-14H,4-6,11-12,15-17H2,1-3H3,(H,25,27). The monoisotopic (exact) mass is 380 g/mol. The molecule has 0 aliphatic carbocycles. The van der Waals surface area contributed by atoms with Crippen molar-refractivity contribution in [2.24, 2.45) is 0 Å². The lowest BCUT2D eigenvalue weighted by atomic mass is 10.1. The lowest BCUT2D eigenvalue weighted by Crippen LogP contribution is -2.29. The third-order valence-corrected chi connectivity index (χ3v) is 5.49. The topological polar surface area (TPSA) is 41.6 Å². The van der Waals surface area contributed by atoms with Crippen LogP contribution in [-0.2, 0) is 17.9 Å². The molecule has 0 spiro atoms. The summed E-state index contributed by atoms with van der Waals surface area (Å²) in [5.41, 5.74) is 5.86. The molecule has 1 heterocycles. The molecule has 1 N–H and O–H groups in total. The molecule has 4 heteroatoms. The van der Waals surface area contributed by atoms with Crippen molar-refractivity contribution in [3.63, 3.8) is 0 Å². The van der Waals surface area contributed by atoms with Crippen LogP contribution in [0.3, 0.4) is 0 Å². The van der Waals surface area contributed by atoms with Crippen LogP contribution in [0.15, 0.2) is 36.4 Å². The van der Waals surface area contributed by atoms with E-state index in [2.05, 4.69) is 47.5 Å². The smallest absolute Gasteiger partial charge is 0.258 e. The Labute approximate surface area is 168 Å². The molecule has 1 aliphatic heterocycles. The molecular formula is C24H32N2O2. The molecule has 0 aromatic heterocycles. The zero-order valence-electron chi connectivity index (χ0n) is 17.4. The fourth-order valence-electron chi connectivity index (χ4n) is 3.68. The molecule has 1 saturated heterocycles. The largest absolute Gasteiger partial charge is 0.483 e. The number of likely N-dealkylation sites (tertiary alicyclic amines) is 1. The average Bonchev–Trinajstić information content (AvgIpc) is 2.70. The SMILES string of the molecule is Cc1cc(C)c(C)c(OCC(=O)NCc2ccc(CN3CCCCC3)cc2)c1. The molecule has 0 atom stereocenters. The highest BCUT2D eigenvalue weighted by atomic mass is 16.5. The third kappa shape index (κ3) is 5.83. The van der Waals surface area contributed by atoms with E-state index in [1.807, 2.05) is 19.9 Å². The summed E-state index contributed by atoms with van der Waals surface area (Å²) in [6, 6.07) is 12.7. The van der Waals surface area contributed by atoms with Crippen LogP contribution < -0.4 is 10.1 Å². The number of amides is 1. The number of hydrogen-bond donors (Lipinski definition) is 1. The van der Waals surface area contributed by atoms with Crippen molar-refractivity contribution < 1.29 is 9.53 Å². The summed E-state index contributed by atoms with van der Waals surface area (Å²) >= 11 is 0. The first kappa shape index (κ1) is 20.4. The Balaban J connectivity index is 1.44. The summed E-state index contributed by atoms with van der Waals surface area (Å²) in [7, 11) is 0. The van der Waals surface area contributed by atoms with E-state index in [1.54, 1.807) is 0 Å². The maximum Gasteiger partial charge on any atom is 0.258 e. The van der Waals surface area contributed by atoms with Gasteiger partial charge in [-0.3, -0.25) is 9.69 Å². The number of benzene rings is 2. The minimum atomic E-state index is -0.101. The molecule has 1 fully saturated rings. The summed E-state index contributed by atoms with van der Waals surface area (Å²) in [6.45, 7) is 10.1. The number of nitrogens with one attached hydrogen (secondary N) is 1. The van der Waals surface area contributed by atoms with Crippen molar-refractivity contribution in [2.45, 2.75) is 53.1 Å². The van der Waals surface area contributed by atoms with Gasteiger partial charge < -0.3 is 10.1 Å². The maximum absolute atomic E-state index is 12.2. The number of carbonyl (C=O) groups excluding carboxylic acids is 1. The fraction of sp³-hybridized carbons (Fsp3) is 0.458. The van der Waals surface area contributed by atoms with Gasteiger partial charge in [0.2, 0.25) is 0 Å². The number of hydrogen-bond acceptors (Lipinski definition) is 3. The van der Waals surface area contributed by atoms with Crippen LogP contribution in [-0.4, -0.2) is 30.5 Å². The molecule has 2 aromatic rings. The van der Waals surface area contributed by atoms with E-state index in [0.29, 0.717) is 6.54 Å². The van der Waals surface area contributed by atoms with Crippen LogP contribution in [0, 0.1) is 20.8 Å². The van der Waals surface area contributed by atoms with E-state index in [1.165, 1.54) is 43.5 Å². The number of aryl methyl sites for hydroxylation is 2. The van der Waals surface area contributed by atoms with Crippen LogP contribution in [0.25, 0.3) is 0 Å². The molecule has 0 unspecified atom stereocenters. The Kier molecular flexibility index (Phi) is 7.10. The van der Waals surface area contributed by atoms with Crippen LogP contribution >= 0.6 is 0 Å². The maximum atomic E-state index is 12.2.